The number of anilines is 1. The van der Waals surface area contributed by atoms with Crippen LogP contribution in [-0.2, 0) is 14.8 Å². The van der Waals surface area contributed by atoms with Gasteiger partial charge in [0, 0.05) is 6.54 Å². The zero-order valence-electron chi connectivity index (χ0n) is 16.1. The second-order valence-corrected chi connectivity index (χ2v) is 8.94. The summed E-state index contributed by atoms with van der Waals surface area (Å²) < 4.78 is 31.4. The first kappa shape index (κ1) is 20.6. The highest BCUT2D eigenvalue weighted by Gasteiger charge is 2.35. The van der Waals surface area contributed by atoms with E-state index in [1.807, 2.05) is 13.0 Å². The van der Waals surface area contributed by atoms with Crippen molar-refractivity contribution in [2.24, 2.45) is 5.92 Å². The molecule has 7 heteroatoms. The Morgan fingerprint density at radius 2 is 2.12 bits per heavy atom. The molecule has 1 N–H and O–H groups in total. The minimum absolute atomic E-state index is 0.00746. The van der Waals surface area contributed by atoms with E-state index in [0.717, 1.165) is 37.5 Å². The summed E-state index contributed by atoms with van der Waals surface area (Å²) in [4.78, 5) is 12.6. The number of fused-ring (bicyclic) bond motifs is 1. The number of ether oxygens (including phenoxy) is 1. The molecule has 1 aromatic rings. The van der Waals surface area contributed by atoms with Crippen molar-refractivity contribution in [1.29, 1.82) is 0 Å². The molecule has 0 fully saturated rings. The van der Waals surface area contributed by atoms with Gasteiger partial charge in [-0.05, 0) is 37.0 Å². The van der Waals surface area contributed by atoms with Crippen LogP contribution in [0, 0.1) is 12.8 Å². The van der Waals surface area contributed by atoms with Gasteiger partial charge >= 0.3 is 0 Å². The van der Waals surface area contributed by atoms with E-state index in [4.69, 9.17) is 4.74 Å². The molecule has 2 atom stereocenters. The Bertz CT molecular complexity index is 733. The summed E-state index contributed by atoms with van der Waals surface area (Å²) in [6.07, 6.45) is 4.66. The van der Waals surface area contributed by atoms with Gasteiger partial charge in [0.2, 0.25) is 10.0 Å². The minimum atomic E-state index is -3.49. The highest BCUT2D eigenvalue weighted by Crippen LogP contribution is 2.35. The summed E-state index contributed by atoms with van der Waals surface area (Å²) in [6.45, 7) is 6.76. The van der Waals surface area contributed by atoms with Crippen LogP contribution in [0.2, 0.25) is 0 Å². The summed E-state index contributed by atoms with van der Waals surface area (Å²) >= 11 is 0. The van der Waals surface area contributed by atoms with Gasteiger partial charge in [-0.25, -0.2) is 8.42 Å². The van der Waals surface area contributed by atoms with E-state index in [1.54, 1.807) is 12.1 Å². The smallest absolute Gasteiger partial charge is 0.263 e. The lowest BCUT2D eigenvalue weighted by molar-refractivity contribution is -0.127. The average Bonchev–Trinajstić information content (AvgIpc) is 2.59. The van der Waals surface area contributed by atoms with E-state index >= 15 is 0 Å². The van der Waals surface area contributed by atoms with Gasteiger partial charge in [0.05, 0.1) is 18.5 Å². The van der Waals surface area contributed by atoms with Gasteiger partial charge in [-0.1, -0.05) is 39.2 Å². The van der Waals surface area contributed by atoms with Crippen molar-refractivity contribution in [1.82, 2.24) is 5.32 Å². The van der Waals surface area contributed by atoms with Crippen molar-refractivity contribution in [3.05, 3.63) is 23.8 Å². The summed E-state index contributed by atoms with van der Waals surface area (Å²) in [6, 6.07) is 5.32. The van der Waals surface area contributed by atoms with Gasteiger partial charge in [0.1, 0.15) is 5.75 Å². The molecule has 0 bridgehead atoms. The van der Waals surface area contributed by atoms with Crippen LogP contribution in [0.5, 0.6) is 5.75 Å². The molecule has 0 unspecified atom stereocenters. The molecule has 0 radical (unpaired) electrons. The number of amides is 1. The molecule has 146 valence electrons. The lowest BCUT2D eigenvalue weighted by Crippen LogP contribution is -2.51. The minimum Gasteiger partial charge on any atom is -0.476 e. The molecule has 0 aliphatic carbocycles. The van der Waals surface area contributed by atoms with Crippen molar-refractivity contribution >= 4 is 21.6 Å². The summed E-state index contributed by atoms with van der Waals surface area (Å²) in [5.74, 6) is 0.601. The average molecular weight is 383 g/mol. The van der Waals surface area contributed by atoms with Gasteiger partial charge < -0.3 is 10.1 Å². The Morgan fingerprint density at radius 3 is 2.73 bits per heavy atom. The van der Waals surface area contributed by atoms with Crippen LogP contribution in [0.25, 0.3) is 0 Å². The molecule has 1 aromatic carbocycles. The van der Waals surface area contributed by atoms with Crippen LogP contribution >= 0.6 is 0 Å². The summed E-state index contributed by atoms with van der Waals surface area (Å²) in [7, 11) is -3.49. The Hall–Kier alpha value is -1.76. The molecule has 0 saturated carbocycles. The number of benzene rings is 1. The van der Waals surface area contributed by atoms with Gasteiger partial charge in [0.25, 0.3) is 5.91 Å². The number of aryl methyl sites for hydroxylation is 1. The first-order valence-electron chi connectivity index (χ1n) is 9.29. The van der Waals surface area contributed by atoms with Gasteiger partial charge in [-0.3, -0.25) is 9.10 Å². The van der Waals surface area contributed by atoms with Crippen molar-refractivity contribution in [2.45, 2.75) is 52.6 Å². The molecule has 0 aromatic heterocycles. The molecule has 6 nitrogen and oxygen atoms in total. The van der Waals surface area contributed by atoms with E-state index in [9.17, 15) is 13.2 Å². The third-order valence-corrected chi connectivity index (χ3v) is 5.93. The number of carbonyl (C=O) groups excluding carboxylic acids is 1. The van der Waals surface area contributed by atoms with Crippen molar-refractivity contribution < 1.29 is 17.9 Å². The first-order chi connectivity index (χ1) is 12.3. The summed E-state index contributed by atoms with van der Waals surface area (Å²) in [5, 5.41) is 2.94. The van der Waals surface area contributed by atoms with Gasteiger partial charge in [-0.2, -0.15) is 0 Å². The van der Waals surface area contributed by atoms with Crippen LogP contribution in [0.4, 0.5) is 5.69 Å². The topological polar surface area (TPSA) is 75.7 Å². The van der Waals surface area contributed by atoms with Crippen LogP contribution < -0.4 is 14.4 Å². The molecule has 1 heterocycles. The molecule has 1 aliphatic rings. The molecule has 26 heavy (non-hydrogen) atoms. The van der Waals surface area contributed by atoms with Crippen LogP contribution in [0.15, 0.2) is 18.2 Å². The maximum atomic E-state index is 12.6. The molecule has 1 aliphatic heterocycles. The zero-order valence-corrected chi connectivity index (χ0v) is 16.9. The fraction of sp³-hybridized carbons (Fsp3) is 0.632. The standard InChI is InChI=1S/C19H30N2O4S/c1-5-7-8-15(6-2)12-20-19(22)18-13-21(26(4,23)24)16-10-9-14(3)11-17(16)25-18/h9-11,15,18H,5-8,12-13H2,1-4H3,(H,20,22)/t15-,18+/m1/s1. The Morgan fingerprint density at radius 1 is 1.38 bits per heavy atom. The fourth-order valence-electron chi connectivity index (χ4n) is 3.11. The molecule has 0 spiro atoms. The fourth-order valence-corrected chi connectivity index (χ4v) is 4.03. The van der Waals surface area contributed by atoms with Crippen molar-refractivity contribution in [3.8, 4) is 5.75 Å². The number of nitrogens with zero attached hydrogens (tertiary/aromatic N) is 1. The SMILES string of the molecule is CCCC[C@@H](CC)CNC(=O)[C@@H]1CN(S(C)(=O)=O)c2ccc(C)cc2O1. The maximum absolute atomic E-state index is 12.6. The third-order valence-electron chi connectivity index (χ3n) is 4.79. The predicted molar refractivity (Wildman–Crippen MR) is 104 cm³/mol. The van der Waals surface area contributed by atoms with Crippen LogP contribution in [-0.4, -0.2) is 39.8 Å². The number of unbranched alkanes of at least 4 members (excludes halogenated alkanes) is 1. The summed E-state index contributed by atoms with van der Waals surface area (Å²) in [5.41, 5.74) is 1.43. The number of hydrogen-bond acceptors (Lipinski definition) is 4. The number of nitrogens with one attached hydrogen (secondary N) is 1. The highest BCUT2D eigenvalue weighted by molar-refractivity contribution is 7.92. The molecular formula is C19H30N2O4S. The predicted octanol–water partition coefficient (Wildman–Crippen LogP) is 2.85. The number of carbonyl (C=O) groups is 1. The Balaban J connectivity index is 2.11. The van der Waals surface area contributed by atoms with E-state index in [-0.39, 0.29) is 12.5 Å². The Kier molecular flexibility index (Phi) is 6.92. The van der Waals surface area contributed by atoms with E-state index in [0.29, 0.717) is 23.9 Å². The van der Waals surface area contributed by atoms with Crippen LogP contribution in [0.1, 0.15) is 45.1 Å². The second-order valence-electron chi connectivity index (χ2n) is 7.03. The highest BCUT2D eigenvalue weighted by atomic mass is 32.2. The Labute approximate surface area is 157 Å². The number of hydrogen-bond donors (Lipinski definition) is 1. The van der Waals surface area contributed by atoms with Crippen molar-refractivity contribution in [2.75, 3.05) is 23.7 Å². The zero-order chi connectivity index (χ0) is 19.3. The second kappa shape index (κ2) is 8.75. The quantitative estimate of drug-likeness (QED) is 0.750. The lowest BCUT2D eigenvalue weighted by Gasteiger charge is -2.34. The molecule has 0 saturated heterocycles. The van der Waals surface area contributed by atoms with E-state index < -0.39 is 16.1 Å². The third kappa shape index (κ3) is 5.13. The monoisotopic (exact) mass is 382 g/mol. The van der Waals surface area contributed by atoms with E-state index in [2.05, 4.69) is 19.2 Å². The number of rotatable bonds is 8. The lowest BCUT2D eigenvalue weighted by atomic mass is 9.99. The largest absolute Gasteiger partial charge is 0.476 e. The van der Waals surface area contributed by atoms with E-state index in [1.165, 1.54) is 4.31 Å². The molecular weight excluding hydrogens is 352 g/mol. The van der Waals surface area contributed by atoms with Crippen LogP contribution in [0.3, 0.4) is 0 Å². The maximum Gasteiger partial charge on any atom is 0.263 e. The van der Waals surface area contributed by atoms with Crippen molar-refractivity contribution in [3.63, 3.8) is 0 Å². The van der Waals surface area contributed by atoms with Gasteiger partial charge in [-0.15, -0.1) is 0 Å². The van der Waals surface area contributed by atoms with Gasteiger partial charge in [0.15, 0.2) is 6.10 Å². The first-order valence-corrected chi connectivity index (χ1v) is 11.1. The normalized spacial score (nSPS) is 18.0. The number of sulfonamides is 1. The molecule has 2 rings (SSSR count). The molecule has 1 amide bonds.